The largest absolute Gasteiger partial charge is 0.354 e. The first-order chi connectivity index (χ1) is 12.5. The van der Waals surface area contributed by atoms with Crippen LogP contribution in [0, 0.1) is 10.1 Å². The van der Waals surface area contributed by atoms with Crippen molar-refractivity contribution in [3.8, 4) is 0 Å². The van der Waals surface area contributed by atoms with Crippen LogP contribution in [0.25, 0.3) is 0 Å². The Morgan fingerprint density at radius 3 is 2.58 bits per heavy atom. The Morgan fingerprint density at radius 2 is 2.04 bits per heavy atom. The Hall–Kier alpha value is -2.41. The molecule has 0 aromatic heterocycles. The summed E-state index contributed by atoms with van der Waals surface area (Å²) in [6.07, 6.45) is 3.97. The minimum atomic E-state index is -0.394. The number of nitrogens with one attached hydrogen (secondary N) is 2. The number of nitro groups is 1. The third-order valence-electron chi connectivity index (χ3n) is 4.58. The molecule has 7 nitrogen and oxygen atoms in total. The molecule has 1 aromatic rings. The summed E-state index contributed by atoms with van der Waals surface area (Å²) in [5.41, 5.74) is 1.03. The summed E-state index contributed by atoms with van der Waals surface area (Å²) in [5, 5.41) is 17.5. The molecule has 0 saturated carbocycles. The van der Waals surface area contributed by atoms with Gasteiger partial charge in [-0.3, -0.25) is 10.1 Å². The molecule has 26 heavy (non-hydrogen) atoms. The van der Waals surface area contributed by atoms with E-state index < -0.39 is 4.92 Å². The van der Waals surface area contributed by atoms with E-state index in [9.17, 15) is 10.1 Å². The van der Waals surface area contributed by atoms with E-state index in [0.29, 0.717) is 25.2 Å². The van der Waals surface area contributed by atoms with Crippen LogP contribution >= 0.6 is 0 Å². The maximum atomic E-state index is 10.7. The Labute approximate surface area is 155 Å². The van der Waals surface area contributed by atoms with Gasteiger partial charge < -0.3 is 15.5 Å². The van der Waals surface area contributed by atoms with Crippen molar-refractivity contribution in [2.75, 3.05) is 19.6 Å². The average molecular weight is 359 g/mol. The summed E-state index contributed by atoms with van der Waals surface area (Å²) in [5.74, 6) is 0.756. The lowest BCUT2D eigenvalue weighted by atomic mass is 10.0. The summed E-state index contributed by atoms with van der Waals surface area (Å²) >= 11 is 0. The minimum absolute atomic E-state index is 0.0952. The molecule has 142 valence electrons. The number of hydrogen-bond donors (Lipinski definition) is 2. The lowest BCUT2D eigenvalue weighted by Crippen LogP contribution is -2.49. The fourth-order valence-corrected chi connectivity index (χ4v) is 2.97. The zero-order valence-corrected chi connectivity index (χ0v) is 15.6. The topological polar surface area (TPSA) is 82.8 Å². The van der Waals surface area contributed by atoms with Crippen LogP contribution in [0.3, 0.4) is 0 Å². The first kappa shape index (κ1) is 19.9. The smallest absolute Gasteiger partial charge is 0.269 e. The highest BCUT2D eigenvalue weighted by Crippen LogP contribution is 2.14. The summed E-state index contributed by atoms with van der Waals surface area (Å²) in [6, 6.07) is 7.50. The molecule has 2 N–H and O–H groups in total. The van der Waals surface area contributed by atoms with Gasteiger partial charge in [0.25, 0.3) is 5.69 Å². The second-order valence-electron chi connectivity index (χ2n) is 6.81. The molecular weight excluding hydrogens is 330 g/mol. The van der Waals surface area contributed by atoms with Gasteiger partial charge in [-0.05, 0) is 32.3 Å². The van der Waals surface area contributed by atoms with Crippen LogP contribution in [0.2, 0.25) is 0 Å². The zero-order chi connectivity index (χ0) is 18.9. The van der Waals surface area contributed by atoms with E-state index >= 15 is 0 Å². The summed E-state index contributed by atoms with van der Waals surface area (Å²) in [7, 11) is 0. The Kier molecular flexibility index (Phi) is 7.59. The number of rotatable bonds is 7. The van der Waals surface area contributed by atoms with Gasteiger partial charge in [-0.15, -0.1) is 6.58 Å². The second kappa shape index (κ2) is 9.91. The second-order valence-corrected chi connectivity index (χ2v) is 6.81. The lowest BCUT2D eigenvalue weighted by Gasteiger charge is -2.35. The molecule has 0 atom stereocenters. The fourth-order valence-electron chi connectivity index (χ4n) is 2.97. The predicted molar refractivity (Wildman–Crippen MR) is 105 cm³/mol. The highest BCUT2D eigenvalue weighted by molar-refractivity contribution is 5.80. The first-order valence-corrected chi connectivity index (χ1v) is 9.12. The monoisotopic (exact) mass is 359 g/mol. The van der Waals surface area contributed by atoms with E-state index in [-0.39, 0.29) is 5.69 Å². The van der Waals surface area contributed by atoms with Crippen molar-refractivity contribution < 1.29 is 4.92 Å². The van der Waals surface area contributed by atoms with Crippen LogP contribution in [0.15, 0.2) is 41.9 Å². The third-order valence-corrected chi connectivity index (χ3v) is 4.58. The molecule has 2 rings (SSSR count). The molecule has 1 aliphatic heterocycles. The number of likely N-dealkylation sites (tertiary alicyclic amines) is 1. The standard InChI is InChI=1S/C19H29N5O2/c1-4-11-20-19(22-17-9-12-23(13-10-17)15(2)3)21-14-16-5-7-18(8-6-16)24(25)26/h4-8,15,17H,1,9-14H2,2-3H3,(H2,20,21,22). The van der Waals surface area contributed by atoms with Gasteiger partial charge >= 0.3 is 0 Å². The summed E-state index contributed by atoms with van der Waals surface area (Å²) in [6.45, 7) is 11.5. The van der Waals surface area contributed by atoms with Crippen LogP contribution < -0.4 is 10.6 Å². The number of nitrogens with zero attached hydrogens (tertiary/aromatic N) is 3. The molecule has 0 unspecified atom stereocenters. The molecule has 0 amide bonds. The number of non-ortho nitro benzene ring substituents is 1. The molecule has 7 heteroatoms. The van der Waals surface area contributed by atoms with Gasteiger partial charge in [0, 0.05) is 43.9 Å². The predicted octanol–water partition coefficient (Wildman–Crippen LogP) is 2.69. The molecule has 0 spiro atoms. The van der Waals surface area contributed by atoms with Crippen molar-refractivity contribution >= 4 is 11.6 Å². The van der Waals surface area contributed by atoms with Crippen LogP contribution in [0.5, 0.6) is 0 Å². The Balaban J connectivity index is 1.94. The van der Waals surface area contributed by atoms with Crippen LogP contribution in [-0.4, -0.2) is 47.5 Å². The number of hydrogen-bond acceptors (Lipinski definition) is 4. The van der Waals surface area contributed by atoms with Crippen LogP contribution in [0.1, 0.15) is 32.3 Å². The van der Waals surface area contributed by atoms with Crippen molar-refractivity contribution in [2.45, 2.75) is 45.3 Å². The summed E-state index contributed by atoms with van der Waals surface area (Å²) < 4.78 is 0. The van der Waals surface area contributed by atoms with Crippen molar-refractivity contribution in [2.24, 2.45) is 4.99 Å². The highest BCUT2D eigenvalue weighted by Gasteiger charge is 2.21. The highest BCUT2D eigenvalue weighted by atomic mass is 16.6. The van der Waals surface area contributed by atoms with Crippen LogP contribution in [-0.2, 0) is 6.54 Å². The number of benzene rings is 1. The Bertz CT molecular complexity index is 619. The molecule has 1 aromatic carbocycles. The first-order valence-electron chi connectivity index (χ1n) is 9.12. The van der Waals surface area contributed by atoms with E-state index in [2.05, 4.69) is 41.0 Å². The fraction of sp³-hybridized carbons (Fsp3) is 0.526. The van der Waals surface area contributed by atoms with Crippen molar-refractivity contribution in [1.29, 1.82) is 0 Å². The van der Waals surface area contributed by atoms with Gasteiger partial charge in [0.05, 0.1) is 11.5 Å². The summed E-state index contributed by atoms with van der Waals surface area (Å²) in [4.78, 5) is 17.4. The number of piperidine rings is 1. The maximum absolute atomic E-state index is 10.7. The molecular formula is C19H29N5O2. The number of aliphatic imine (C=N–C) groups is 1. The molecule has 0 radical (unpaired) electrons. The van der Waals surface area contributed by atoms with Gasteiger partial charge in [-0.25, -0.2) is 4.99 Å². The van der Waals surface area contributed by atoms with Crippen molar-refractivity contribution in [3.05, 3.63) is 52.6 Å². The SMILES string of the molecule is C=CCNC(=NCc1ccc([N+](=O)[O-])cc1)NC1CCN(C(C)C)CC1. The van der Waals surface area contributed by atoms with Gasteiger partial charge in [0.15, 0.2) is 5.96 Å². The molecule has 1 aliphatic rings. The van der Waals surface area contributed by atoms with E-state index in [1.165, 1.54) is 12.1 Å². The molecule has 0 bridgehead atoms. The van der Waals surface area contributed by atoms with Gasteiger partial charge in [0.1, 0.15) is 0 Å². The van der Waals surface area contributed by atoms with E-state index in [0.717, 1.165) is 37.5 Å². The zero-order valence-electron chi connectivity index (χ0n) is 15.6. The molecule has 1 heterocycles. The van der Waals surface area contributed by atoms with E-state index in [1.54, 1.807) is 18.2 Å². The average Bonchev–Trinajstić information content (AvgIpc) is 2.64. The van der Waals surface area contributed by atoms with Gasteiger partial charge in [-0.1, -0.05) is 18.2 Å². The Morgan fingerprint density at radius 1 is 1.38 bits per heavy atom. The van der Waals surface area contributed by atoms with Gasteiger partial charge in [-0.2, -0.15) is 0 Å². The number of guanidine groups is 1. The number of nitro benzene ring substituents is 1. The minimum Gasteiger partial charge on any atom is -0.354 e. The van der Waals surface area contributed by atoms with Crippen molar-refractivity contribution in [3.63, 3.8) is 0 Å². The third kappa shape index (κ3) is 6.15. The molecule has 0 aliphatic carbocycles. The van der Waals surface area contributed by atoms with E-state index in [1.807, 2.05) is 0 Å². The molecule has 1 fully saturated rings. The van der Waals surface area contributed by atoms with E-state index in [4.69, 9.17) is 0 Å². The normalized spacial score (nSPS) is 16.5. The van der Waals surface area contributed by atoms with Crippen molar-refractivity contribution in [1.82, 2.24) is 15.5 Å². The van der Waals surface area contributed by atoms with Crippen LogP contribution in [0.4, 0.5) is 5.69 Å². The lowest BCUT2D eigenvalue weighted by molar-refractivity contribution is -0.384. The maximum Gasteiger partial charge on any atom is 0.269 e. The quantitative estimate of drug-likeness (QED) is 0.257. The molecule has 1 saturated heterocycles. The van der Waals surface area contributed by atoms with Gasteiger partial charge in [0.2, 0.25) is 0 Å².